The Kier molecular flexibility index (Phi) is 6.00. The molecule has 2 rings (SSSR count). The van der Waals surface area contributed by atoms with Gasteiger partial charge in [-0.3, -0.25) is 4.79 Å². The molecule has 7 heteroatoms. The highest BCUT2D eigenvalue weighted by atomic mass is 79.9. The molecule has 0 bridgehead atoms. The van der Waals surface area contributed by atoms with Crippen LogP contribution in [0.1, 0.15) is 25.7 Å². The van der Waals surface area contributed by atoms with Gasteiger partial charge in [0, 0.05) is 30.0 Å². The summed E-state index contributed by atoms with van der Waals surface area (Å²) in [6.45, 7) is 1.36. The van der Waals surface area contributed by atoms with Crippen LogP contribution < -0.4 is 5.73 Å². The summed E-state index contributed by atoms with van der Waals surface area (Å²) in [6.07, 6.45) is 2.26. The number of carbonyl (C=O) groups excluding carboxylic acids is 1. The molecule has 0 atom stereocenters. The summed E-state index contributed by atoms with van der Waals surface area (Å²) in [5, 5.41) is 0. The Morgan fingerprint density at radius 1 is 1.23 bits per heavy atom. The number of nitrogens with zero attached hydrogens (tertiary/aromatic N) is 1. The molecule has 0 spiro atoms. The molecule has 0 saturated carbocycles. The predicted molar refractivity (Wildman–Crippen MR) is 89.2 cm³/mol. The summed E-state index contributed by atoms with van der Waals surface area (Å²) in [6, 6.07) is 6.74. The minimum Gasteiger partial charge on any atom is -0.343 e. The van der Waals surface area contributed by atoms with Crippen molar-refractivity contribution in [3.8, 4) is 0 Å². The molecule has 22 heavy (non-hydrogen) atoms. The Bertz CT molecular complexity index is 608. The average Bonchev–Trinajstić information content (AvgIpc) is 2.48. The number of halogens is 1. The van der Waals surface area contributed by atoms with E-state index in [0.29, 0.717) is 24.4 Å². The molecule has 0 unspecified atom stereocenters. The lowest BCUT2D eigenvalue weighted by Gasteiger charge is -2.30. The Hall–Kier alpha value is -0.920. The van der Waals surface area contributed by atoms with Crippen molar-refractivity contribution in [1.29, 1.82) is 0 Å². The van der Waals surface area contributed by atoms with Gasteiger partial charge >= 0.3 is 0 Å². The monoisotopic (exact) mass is 388 g/mol. The van der Waals surface area contributed by atoms with Gasteiger partial charge in [-0.05, 0) is 43.5 Å². The number of likely N-dealkylation sites (tertiary alicyclic amines) is 1. The lowest BCUT2D eigenvalue weighted by atomic mass is 10.1. The molecule has 1 heterocycles. The summed E-state index contributed by atoms with van der Waals surface area (Å²) in [5.41, 5.74) is 5.81. The van der Waals surface area contributed by atoms with Crippen LogP contribution in [0, 0.1) is 0 Å². The first-order chi connectivity index (χ1) is 10.4. The molecule has 1 aliphatic heterocycles. The molecule has 5 nitrogen and oxygen atoms in total. The van der Waals surface area contributed by atoms with E-state index in [1.165, 1.54) is 0 Å². The van der Waals surface area contributed by atoms with E-state index in [4.69, 9.17) is 5.73 Å². The van der Waals surface area contributed by atoms with E-state index in [-0.39, 0.29) is 24.1 Å². The van der Waals surface area contributed by atoms with Gasteiger partial charge in [-0.25, -0.2) is 8.42 Å². The zero-order chi connectivity index (χ0) is 16.2. The molecule has 0 aliphatic carbocycles. The number of piperidine rings is 1. The second-order valence-electron chi connectivity index (χ2n) is 5.59. The number of amides is 1. The lowest BCUT2D eigenvalue weighted by Crippen LogP contribution is -2.42. The third-order valence-electron chi connectivity index (χ3n) is 3.87. The van der Waals surface area contributed by atoms with Crippen LogP contribution in [0.2, 0.25) is 0 Å². The first-order valence-electron chi connectivity index (χ1n) is 7.40. The van der Waals surface area contributed by atoms with Gasteiger partial charge in [0.1, 0.15) is 0 Å². The molecular weight excluding hydrogens is 368 g/mol. The molecule has 1 saturated heterocycles. The minimum absolute atomic E-state index is 0.00622. The number of sulfone groups is 1. The van der Waals surface area contributed by atoms with Gasteiger partial charge in [-0.1, -0.05) is 15.9 Å². The SMILES string of the molecule is NC1CCN(C(=O)CCCS(=O)(=O)c2ccc(Br)cc2)CC1. The molecule has 1 amide bonds. The van der Waals surface area contributed by atoms with Crippen molar-refractivity contribution in [3.63, 3.8) is 0 Å². The Balaban J connectivity index is 1.82. The molecule has 0 radical (unpaired) electrons. The van der Waals surface area contributed by atoms with Gasteiger partial charge < -0.3 is 10.6 Å². The van der Waals surface area contributed by atoms with Crippen molar-refractivity contribution in [2.45, 2.75) is 36.6 Å². The molecule has 1 aromatic rings. The van der Waals surface area contributed by atoms with Crippen LogP contribution in [0.5, 0.6) is 0 Å². The van der Waals surface area contributed by atoms with E-state index in [1.54, 1.807) is 29.2 Å². The molecule has 1 aromatic carbocycles. The van der Waals surface area contributed by atoms with E-state index < -0.39 is 9.84 Å². The second-order valence-corrected chi connectivity index (χ2v) is 8.62. The number of rotatable bonds is 5. The first-order valence-corrected chi connectivity index (χ1v) is 9.85. The van der Waals surface area contributed by atoms with Crippen molar-refractivity contribution in [1.82, 2.24) is 4.90 Å². The number of benzene rings is 1. The van der Waals surface area contributed by atoms with Gasteiger partial charge in [-0.2, -0.15) is 0 Å². The van der Waals surface area contributed by atoms with Gasteiger partial charge in [0.05, 0.1) is 10.6 Å². The average molecular weight is 389 g/mol. The normalized spacial score (nSPS) is 16.7. The minimum atomic E-state index is -3.32. The fraction of sp³-hybridized carbons (Fsp3) is 0.533. The smallest absolute Gasteiger partial charge is 0.222 e. The predicted octanol–water partition coefficient (Wildman–Crippen LogP) is 1.95. The molecular formula is C15H21BrN2O3S. The van der Waals surface area contributed by atoms with Gasteiger partial charge in [0.25, 0.3) is 0 Å². The molecule has 0 aromatic heterocycles. The van der Waals surface area contributed by atoms with Crippen molar-refractivity contribution < 1.29 is 13.2 Å². The summed E-state index contributed by atoms with van der Waals surface area (Å²) >= 11 is 3.28. The Morgan fingerprint density at radius 2 is 1.82 bits per heavy atom. The van der Waals surface area contributed by atoms with Crippen LogP contribution in [-0.4, -0.2) is 44.1 Å². The Morgan fingerprint density at radius 3 is 2.41 bits per heavy atom. The summed E-state index contributed by atoms with van der Waals surface area (Å²) < 4.78 is 25.2. The van der Waals surface area contributed by atoms with Crippen LogP contribution in [0.15, 0.2) is 33.6 Å². The Labute approximate surface area is 139 Å². The molecule has 1 fully saturated rings. The zero-order valence-corrected chi connectivity index (χ0v) is 14.8. The highest BCUT2D eigenvalue weighted by Gasteiger charge is 2.21. The fourth-order valence-electron chi connectivity index (χ4n) is 2.48. The van der Waals surface area contributed by atoms with Crippen LogP contribution in [0.3, 0.4) is 0 Å². The van der Waals surface area contributed by atoms with Crippen LogP contribution >= 0.6 is 15.9 Å². The molecule has 122 valence electrons. The van der Waals surface area contributed by atoms with Gasteiger partial charge in [0.15, 0.2) is 9.84 Å². The third-order valence-corrected chi connectivity index (χ3v) is 6.21. The highest BCUT2D eigenvalue weighted by Crippen LogP contribution is 2.17. The summed E-state index contributed by atoms with van der Waals surface area (Å²) in [4.78, 5) is 14.1. The highest BCUT2D eigenvalue weighted by molar-refractivity contribution is 9.10. The van der Waals surface area contributed by atoms with Crippen molar-refractivity contribution in [3.05, 3.63) is 28.7 Å². The quantitative estimate of drug-likeness (QED) is 0.835. The second kappa shape index (κ2) is 7.57. The maximum atomic E-state index is 12.2. The van der Waals surface area contributed by atoms with E-state index in [9.17, 15) is 13.2 Å². The lowest BCUT2D eigenvalue weighted by molar-refractivity contribution is -0.132. The van der Waals surface area contributed by atoms with E-state index in [2.05, 4.69) is 15.9 Å². The number of hydrogen-bond acceptors (Lipinski definition) is 4. The maximum Gasteiger partial charge on any atom is 0.222 e. The van der Waals surface area contributed by atoms with Crippen molar-refractivity contribution in [2.75, 3.05) is 18.8 Å². The number of nitrogens with two attached hydrogens (primary N) is 1. The van der Waals surface area contributed by atoms with Crippen molar-refractivity contribution >= 4 is 31.7 Å². The van der Waals surface area contributed by atoms with E-state index in [1.807, 2.05) is 0 Å². The number of carbonyl (C=O) groups is 1. The maximum absolute atomic E-state index is 12.2. The fourth-order valence-corrected chi connectivity index (χ4v) is 4.06. The zero-order valence-electron chi connectivity index (χ0n) is 12.4. The van der Waals surface area contributed by atoms with E-state index >= 15 is 0 Å². The van der Waals surface area contributed by atoms with Crippen LogP contribution in [0.25, 0.3) is 0 Å². The van der Waals surface area contributed by atoms with E-state index in [0.717, 1.165) is 17.3 Å². The standard InChI is InChI=1S/C15H21BrN2O3S/c16-12-3-5-14(6-4-12)22(20,21)11-1-2-15(19)18-9-7-13(17)8-10-18/h3-6,13H,1-2,7-11,17H2. The summed E-state index contributed by atoms with van der Waals surface area (Å²) in [5.74, 6) is 0.0196. The molecule has 2 N–H and O–H groups in total. The topological polar surface area (TPSA) is 80.5 Å². The largest absolute Gasteiger partial charge is 0.343 e. The van der Waals surface area contributed by atoms with Crippen molar-refractivity contribution in [2.24, 2.45) is 5.73 Å². The first kappa shape index (κ1) is 17.4. The number of hydrogen-bond donors (Lipinski definition) is 1. The summed E-state index contributed by atoms with van der Waals surface area (Å²) in [7, 11) is -3.32. The van der Waals surface area contributed by atoms with Gasteiger partial charge in [-0.15, -0.1) is 0 Å². The third kappa shape index (κ3) is 4.79. The van der Waals surface area contributed by atoms with Gasteiger partial charge in [0.2, 0.25) is 5.91 Å². The molecule has 1 aliphatic rings. The van der Waals surface area contributed by atoms with Crippen LogP contribution in [-0.2, 0) is 14.6 Å². The van der Waals surface area contributed by atoms with Crippen LogP contribution in [0.4, 0.5) is 0 Å².